The molecule has 0 aromatic heterocycles. The molecule has 0 bridgehead atoms. The topological polar surface area (TPSA) is 68.9 Å². The molecule has 7 heteroatoms. The predicted molar refractivity (Wildman–Crippen MR) is 134 cm³/mol. The summed E-state index contributed by atoms with van der Waals surface area (Å²) in [5, 5.41) is 3.17. The lowest BCUT2D eigenvalue weighted by Crippen LogP contribution is -2.38. The molecule has 158 valence electrons. The number of ether oxygens (including phenoxy) is 2. The van der Waals surface area contributed by atoms with E-state index in [-0.39, 0.29) is 35.5 Å². The summed E-state index contributed by atoms with van der Waals surface area (Å²) >= 11 is 3.51. The quantitative estimate of drug-likeness (QED) is 0.278. The van der Waals surface area contributed by atoms with E-state index < -0.39 is 0 Å². The fourth-order valence-electron chi connectivity index (χ4n) is 3.42. The summed E-state index contributed by atoms with van der Waals surface area (Å²) in [7, 11) is 0. The maximum Gasteiger partial charge on any atom is 0.193 e. The van der Waals surface area contributed by atoms with Gasteiger partial charge in [-0.05, 0) is 68.7 Å². The SMILES string of the molecule is CC(C)Oc1ccc(NC(N)=NCC2(c3ccc(Br)cc3)CCOCC2)cc1.I. The number of guanidine groups is 1. The predicted octanol–water partition coefficient (Wildman–Crippen LogP) is 5.33. The molecule has 0 radical (unpaired) electrons. The lowest BCUT2D eigenvalue weighted by Gasteiger charge is -2.36. The normalized spacial score (nSPS) is 16.2. The summed E-state index contributed by atoms with van der Waals surface area (Å²) in [6.45, 7) is 6.14. The average molecular weight is 574 g/mol. The molecule has 1 aliphatic rings. The van der Waals surface area contributed by atoms with Crippen molar-refractivity contribution in [2.45, 2.75) is 38.2 Å². The number of nitrogens with zero attached hydrogens (tertiary/aromatic N) is 1. The minimum Gasteiger partial charge on any atom is -0.491 e. The minimum absolute atomic E-state index is 0. The van der Waals surface area contributed by atoms with Crippen LogP contribution in [-0.2, 0) is 10.2 Å². The molecule has 29 heavy (non-hydrogen) atoms. The van der Waals surface area contributed by atoms with Gasteiger partial charge in [-0.25, -0.2) is 0 Å². The number of benzene rings is 2. The van der Waals surface area contributed by atoms with Gasteiger partial charge in [-0.2, -0.15) is 0 Å². The van der Waals surface area contributed by atoms with E-state index in [2.05, 4.69) is 50.5 Å². The third kappa shape index (κ3) is 6.86. The van der Waals surface area contributed by atoms with Crippen molar-refractivity contribution < 1.29 is 9.47 Å². The zero-order chi connectivity index (χ0) is 20.0. The van der Waals surface area contributed by atoms with Crippen molar-refractivity contribution in [2.75, 3.05) is 25.1 Å². The van der Waals surface area contributed by atoms with Crippen molar-refractivity contribution in [2.24, 2.45) is 10.7 Å². The second-order valence-corrected chi connectivity index (χ2v) is 8.33. The van der Waals surface area contributed by atoms with Gasteiger partial charge in [0.05, 0.1) is 12.6 Å². The molecular weight excluding hydrogens is 545 g/mol. The molecule has 1 fully saturated rings. The molecule has 1 saturated heterocycles. The monoisotopic (exact) mass is 573 g/mol. The van der Waals surface area contributed by atoms with E-state index in [1.807, 2.05) is 38.1 Å². The van der Waals surface area contributed by atoms with E-state index in [0.29, 0.717) is 12.5 Å². The Morgan fingerprint density at radius 1 is 1.14 bits per heavy atom. The maximum atomic E-state index is 6.17. The molecule has 0 unspecified atom stereocenters. The molecule has 0 saturated carbocycles. The lowest BCUT2D eigenvalue weighted by atomic mass is 9.74. The molecule has 1 aliphatic heterocycles. The zero-order valence-electron chi connectivity index (χ0n) is 16.9. The van der Waals surface area contributed by atoms with Crippen LogP contribution in [0.5, 0.6) is 5.75 Å². The number of halogens is 2. The molecular formula is C22H29BrIN3O2. The Morgan fingerprint density at radius 2 is 1.76 bits per heavy atom. The Hall–Kier alpha value is -1.32. The first-order valence-electron chi connectivity index (χ1n) is 9.64. The van der Waals surface area contributed by atoms with E-state index in [1.54, 1.807) is 0 Å². The number of nitrogens with one attached hydrogen (secondary N) is 1. The van der Waals surface area contributed by atoms with Gasteiger partial charge in [0.25, 0.3) is 0 Å². The Morgan fingerprint density at radius 3 is 2.34 bits per heavy atom. The third-order valence-electron chi connectivity index (χ3n) is 4.96. The first kappa shape index (κ1) is 24.0. The van der Waals surface area contributed by atoms with Crippen LogP contribution in [0.15, 0.2) is 58.0 Å². The van der Waals surface area contributed by atoms with Gasteiger partial charge >= 0.3 is 0 Å². The average Bonchev–Trinajstić information content (AvgIpc) is 2.69. The van der Waals surface area contributed by atoms with Crippen molar-refractivity contribution >= 4 is 51.6 Å². The van der Waals surface area contributed by atoms with Crippen molar-refractivity contribution in [1.82, 2.24) is 0 Å². The molecule has 1 heterocycles. The van der Waals surface area contributed by atoms with Gasteiger partial charge in [0, 0.05) is 28.8 Å². The molecule has 5 nitrogen and oxygen atoms in total. The summed E-state index contributed by atoms with van der Waals surface area (Å²) in [5.74, 6) is 1.26. The summed E-state index contributed by atoms with van der Waals surface area (Å²) in [4.78, 5) is 4.67. The van der Waals surface area contributed by atoms with E-state index >= 15 is 0 Å². The smallest absolute Gasteiger partial charge is 0.193 e. The Bertz CT molecular complexity index is 789. The highest BCUT2D eigenvalue weighted by Crippen LogP contribution is 2.35. The van der Waals surface area contributed by atoms with Crippen LogP contribution in [0.2, 0.25) is 0 Å². The van der Waals surface area contributed by atoms with Gasteiger partial charge in [0.15, 0.2) is 5.96 Å². The highest BCUT2D eigenvalue weighted by atomic mass is 127. The zero-order valence-corrected chi connectivity index (χ0v) is 20.8. The second-order valence-electron chi connectivity index (χ2n) is 7.42. The number of hydrogen-bond donors (Lipinski definition) is 2. The number of nitrogens with two attached hydrogens (primary N) is 1. The van der Waals surface area contributed by atoms with Crippen LogP contribution in [0.25, 0.3) is 0 Å². The van der Waals surface area contributed by atoms with Crippen LogP contribution in [-0.4, -0.2) is 31.8 Å². The Kier molecular flexibility index (Phi) is 9.23. The number of aliphatic imine (C=N–C) groups is 1. The molecule has 2 aromatic carbocycles. The first-order valence-corrected chi connectivity index (χ1v) is 10.4. The standard InChI is InChI=1S/C22H28BrN3O2.HI/c1-16(2)28-20-9-7-19(8-10-20)26-21(24)25-15-22(11-13-27-14-12-22)17-3-5-18(23)6-4-17;/h3-10,16H,11-15H2,1-2H3,(H3,24,25,26);1H. The van der Waals surface area contributed by atoms with E-state index in [9.17, 15) is 0 Å². The van der Waals surface area contributed by atoms with Crippen LogP contribution in [0.3, 0.4) is 0 Å². The van der Waals surface area contributed by atoms with Crippen LogP contribution in [0.1, 0.15) is 32.3 Å². The molecule has 3 rings (SSSR count). The number of rotatable bonds is 6. The van der Waals surface area contributed by atoms with E-state index in [1.165, 1.54) is 5.56 Å². The Balaban J connectivity index is 0.00000300. The molecule has 0 aliphatic carbocycles. The third-order valence-corrected chi connectivity index (χ3v) is 5.49. The van der Waals surface area contributed by atoms with Gasteiger partial charge < -0.3 is 20.5 Å². The highest BCUT2D eigenvalue weighted by molar-refractivity contribution is 14.0. The molecule has 2 aromatic rings. The fourth-order valence-corrected chi connectivity index (χ4v) is 3.68. The van der Waals surface area contributed by atoms with Crippen LogP contribution in [0.4, 0.5) is 5.69 Å². The maximum absolute atomic E-state index is 6.17. The summed E-state index contributed by atoms with van der Waals surface area (Å²) in [6.07, 6.45) is 2.03. The first-order chi connectivity index (χ1) is 13.5. The summed E-state index contributed by atoms with van der Waals surface area (Å²) < 4.78 is 12.3. The van der Waals surface area contributed by atoms with E-state index in [0.717, 1.165) is 42.0 Å². The molecule has 3 N–H and O–H groups in total. The lowest BCUT2D eigenvalue weighted by molar-refractivity contribution is 0.0531. The Labute approximate surface area is 198 Å². The summed E-state index contributed by atoms with van der Waals surface area (Å²) in [6, 6.07) is 16.2. The van der Waals surface area contributed by atoms with Gasteiger partial charge in [0.2, 0.25) is 0 Å². The van der Waals surface area contributed by atoms with Crippen molar-refractivity contribution in [1.29, 1.82) is 0 Å². The molecule has 0 spiro atoms. The minimum atomic E-state index is -0.0415. The van der Waals surface area contributed by atoms with Crippen molar-refractivity contribution in [3.8, 4) is 5.75 Å². The van der Waals surface area contributed by atoms with Crippen molar-refractivity contribution in [3.63, 3.8) is 0 Å². The number of hydrogen-bond acceptors (Lipinski definition) is 3. The second kappa shape index (κ2) is 11.2. The van der Waals surface area contributed by atoms with Gasteiger partial charge in [-0.1, -0.05) is 28.1 Å². The van der Waals surface area contributed by atoms with Crippen LogP contribution < -0.4 is 15.8 Å². The van der Waals surface area contributed by atoms with Gasteiger partial charge in [-0.3, -0.25) is 4.99 Å². The fraction of sp³-hybridized carbons (Fsp3) is 0.409. The van der Waals surface area contributed by atoms with Crippen LogP contribution >= 0.6 is 39.9 Å². The largest absolute Gasteiger partial charge is 0.491 e. The summed E-state index contributed by atoms with van der Waals surface area (Å²) in [5.41, 5.74) is 8.30. The number of anilines is 1. The van der Waals surface area contributed by atoms with Crippen LogP contribution in [0, 0.1) is 0 Å². The molecule has 0 atom stereocenters. The van der Waals surface area contributed by atoms with Gasteiger partial charge in [0.1, 0.15) is 5.75 Å². The van der Waals surface area contributed by atoms with E-state index in [4.69, 9.17) is 15.2 Å². The van der Waals surface area contributed by atoms with Gasteiger partial charge in [-0.15, -0.1) is 24.0 Å². The molecule has 0 amide bonds. The highest BCUT2D eigenvalue weighted by Gasteiger charge is 2.34. The van der Waals surface area contributed by atoms with Crippen molar-refractivity contribution in [3.05, 3.63) is 58.6 Å².